The average Bonchev–Trinajstić information content (AvgIpc) is 1.87. The maximum atomic E-state index is 10.7. The molecular formula is C6H15BrN2O2. The first kappa shape index (κ1) is 13.5. The number of hydrogen-bond donors (Lipinski definition) is 2. The van der Waals surface area contributed by atoms with Gasteiger partial charge in [0.25, 0.3) is 0 Å². The van der Waals surface area contributed by atoms with Crippen LogP contribution in [0.4, 0.5) is 0 Å². The molecule has 2 atom stereocenters. The van der Waals surface area contributed by atoms with Crippen molar-refractivity contribution in [2.75, 3.05) is 6.54 Å². The second-order valence-corrected chi connectivity index (χ2v) is 2.27. The van der Waals surface area contributed by atoms with E-state index < -0.39 is 12.0 Å². The lowest BCUT2D eigenvalue weighted by atomic mass is 10.3. The first-order valence-corrected chi connectivity index (χ1v) is 3.24. The molecule has 68 valence electrons. The minimum atomic E-state index is -0.561. The molecule has 0 heterocycles. The maximum Gasteiger partial charge on any atom is 0.322 e. The van der Waals surface area contributed by atoms with Crippen LogP contribution in [0.1, 0.15) is 13.8 Å². The summed E-state index contributed by atoms with van der Waals surface area (Å²) in [6, 6.07) is -0.561. The van der Waals surface area contributed by atoms with Crippen LogP contribution in [-0.2, 0) is 9.53 Å². The van der Waals surface area contributed by atoms with E-state index in [2.05, 4.69) is 0 Å². The normalized spacial score (nSPS) is 14.5. The van der Waals surface area contributed by atoms with Gasteiger partial charge in [-0.15, -0.1) is 17.0 Å². The lowest BCUT2D eigenvalue weighted by Crippen LogP contribution is -2.33. The van der Waals surface area contributed by atoms with E-state index in [4.69, 9.17) is 16.2 Å². The summed E-state index contributed by atoms with van der Waals surface area (Å²) in [5, 5.41) is 0. The van der Waals surface area contributed by atoms with Crippen LogP contribution >= 0.6 is 17.0 Å². The standard InChI is InChI=1S/C6H14N2O2.BrH/c1-4(3-7)10-6(9)5(2)8;/h4-5H,3,7-8H2,1-2H3;1H/t4?,5-;/m0./s1. The Balaban J connectivity index is 0. The number of carbonyl (C=O) groups is 1. The zero-order valence-corrected chi connectivity index (χ0v) is 8.45. The molecule has 5 heteroatoms. The molecular weight excluding hydrogens is 212 g/mol. The van der Waals surface area contributed by atoms with Crippen molar-refractivity contribution in [3.05, 3.63) is 0 Å². The van der Waals surface area contributed by atoms with Gasteiger partial charge in [0.1, 0.15) is 12.1 Å². The first-order chi connectivity index (χ1) is 4.57. The summed E-state index contributed by atoms with van der Waals surface area (Å²) in [5.74, 6) is -0.405. The largest absolute Gasteiger partial charge is 0.460 e. The van der Waals surface area contributed by atoms with Gasteiger partial charge in [-0.05, 0) is 13.8 Å². The number of ether oxygens (including phenoxy) is 1. The highest BCUT2D eigenvalue weighted by atomic mass is 79.9. The minimum absolute atomic E-state index is 0. The van der Waals surface area contributed by atoms with E-state index in [-0.39, 0.29) is 23.1 Å². The number of esters is 1. The van der Waals surface area contributed by atoms with Crippen molar-refractivity contribution in [3.63, 3.8) is 0 Å². The fourth-order valence-corrected chi connectivity index (χ4v) is 0.354. The lowest BCUT2D eigenvalue weighted by molar-refractivity contribution is -0.148. The molecule has 0 spiro atoms. The Kier molecular flexibility index (Phi) is 8.04. The quantitative estimate of drug-likeness (QED) is 0.654. The molecule has 0 saturated carbocycles. The highest BCUT2D eigenvalue weighted by Crippen LogP contribution is 1.90. The molecule has 11 heavy (non-hydrogen) atoms. The number of halogens is 1. The van der Waals surface area contributed by atoms with Crippen LogP contribution < -0.4 is 11.5 Å². The third-order valence-electron chi connectivity index (χ3n) is 1.02. The van der Waals surface area contributed by atoms with Gasteiger partial charge in [-0.25, -0.2) is 0 Å². The minimum Gasteiger partial charge on any atom is -0.460 e. The van der Waals surface area contributed by atoms with Crippen LogP contribution in [0.15, 0.2) is 0 Å². The predicted molar refractivity (Wildman–Crippen MR) is 48.6 cm³/mol. The van der Waals surface area contributed by atoms with Gasteiger partial charge in [-0.3, -0.25) is 4.79 Å². The number of nitrogens with two attached hydrogens (primary N) is 2. The summed E-state index contributed by atoms with van der Waals surface area (Å²) in [6.07, 6.45) is -0.238. The third-order valence-corrected chi connectivity index (χ3v) is 1.02. The lowest BCUT2D eigenvalue weighted by Gasteiger charge is -2.11. The van der Waals surface area contributed by atoms with Crippen LogP contribution in [0.5, 0.6) is 0 Å². The zero-order valence-electron chi connectivity index (χ0n) is 6.74. The molecule has 0 rings (SSSR count). The SMILES string of the molecule is Br.CC(CN)OC(=O)[C@H](C)N. The first-order valence-electron chi connectivity index (χ1n) is 3.24. The monoisotopic (exact) mass is 226 g/mol. The van der Waals surface area contributed by atoms with Gasteiger partial charge in [-0.1, -0.05) is 0 Å². The molecule has 4 nitrogen and oxygen atoms in total. The second-order valence-electron chi connectivity index (χ2n) is 2.27. The van der Waals surface area contributed by atoms with Crippen LogP contribution in [0.3, 0.4) is 0 Å². The summed E-state index contributed by atoms with van der Waals surface area (Å²) in [5.41, 5.74) is 10.4. The molecule has 0 saturated heterocycles. The van der Waals surface area contributed by atoms with E-state index in [1.54, 1.807) is 13.8 Å². The maximum absolute atomic E-state index is 10.7. The van der Waals surface area contributed by atoms with Crippen molar-refractivity contribution >= 4 is 23.0 Å². The molecule has 0 radical (unpaired) electrons. The molecule has 0 fully saturated rings. The zero-order chi connectivity index (χ0) is 8.15. The van der Waals surface area contributed by atoms with Crippen LogP contribution in [0.2, 0.25) is 0 Å². The number of hydrogen-bond acceptors (Lipinski definition) is 4. The highest BCUT2D eigenvalue weighted by Gasteiger charge is 2.11. The summed E-state index contributed by atoms with van der Waals surface area (Å²) >= 11 is 0. The van der Waals surface area contributed by atoms with Gasteiger partial charge >= 0.3 is 5.97 Å². The molecule has 0 bridgehead atoms. The van der Waals surface area contributed by atoms with E-state index in [0.717, 1.165) is 0 Å². The summed E-state index contributed by atoms with van der Waals surface area (Å²) < 4.78 is 4.77. The molecule has 0 aromatic heterocycles. The Bertz CT molecular complexity index is 119. The number of carbonyl (C=O) groups excluding carboxylic acids is 1. The molecule has 1 unspecified atom stereocenters. The van der Waals surface area contributed by atoms with Gasteiger partial charge in [-0.2, -0.15) is 0 Å². The molecule has 4 N–H and O–H groups in total. The van der Waals surface area contributed by atoms with E-state index in [1.807, 2.05) is 0 Å². The topological polar surface area (TPSA) is 78.3 Å². The van der Waals surface area contributed by atoms with Gasteiger partial charge in [0.15, 0.2) is 0 Å². The fraction of sp³-hybridized carbons (Fsp3) is 0.833. The van der Waals surface area contributed by atoms with Crippen molar-refractivity contribution in [3.8, 4) is 0 Å². The van der Waals surface area contributed by atoms with Crippen molar-refractivity contribution in [1.29, 1.82) is 0 Å². The summed E-state index contributed by atoms with van der Waals surface area (Å²) in [7, 11) is 0. The Morgan fingerprint density at radius 3 is 2.27 bits per heavy atom. The predicted octanol–water partition coefficient (Wildman–Crippen LogP) is -0.198. The smallest absolute Gasteiger partial charge is 0.322 e. The fourth-order valence-electron chi connectivity index (χ4n) is 0.354. The summed E-state index contributed by atoms with van der Waals surface area (Å²) in [4.78, 5) is 10.7. The Hall–Kier alpha value is -0.130. The van der Waals surface area contributed by atoms with Crippen molar-refractivity contribution in [2.45, 2.75) is 26.0 Å². The van der Waals surface area contributed by atoms with Crippen LogP contribution in [-0.4, -0.2) is 24.7 Å². The van der Waals surface area contributed by atoms with Crippen molar-refractivity contribution in [1.82, 2.24) is 0 Å². The van der Waals surface area contributed by atoms with Gasteiger partial charge in [0.05, 0.1) is 0 Å². The average molecular weight is 227 g/mol. The second kappa shape index (κ2) is 6.57. The highest BCUT2D eigenvalue weighted by molar-refractivity contribution is 8.93. The van der Waals surface area contributed by atoms with Gasteiger partial charge in [0.2, 0.25) is 0 Å². The summed E-state index contributed by atoms with van der Waals surface area (Å²) in [6.45, 7) is 3.63. The van der Waals surface area contributed by atoms with Crippen molar-refractivity contribution < 1.29 is 9.53 Å². The third kappa shape index (κ3) is 6.28. The van der Waals surface area contributed by atoms with Gasteiger partial charge in [0, 0.05) is 6.54 Å². The molecule has 0 aromatic carbocycles. The van der Waals surface area contributed by atoms with E-state index in [1.165, 1.54) is 0 Å². The Morgan fingerprint density at radius 2 is 2.00 bits per heavy atom. The van der Waals surface area contributed by atoms with Crippen molar-refractivity contribution in [2.24, 2.45) is 11.5 Å². The number of rotatable bonds is 3. The molecule has 0 aromatic rings. The van der Waals surface area contributed by atoms with E-state index in [0.29, 0.717) is 6.54 Å². The van der Waals surface area contributed by atoms with Gasteiger partial charge < -0.3 is 16.2 Å². The molecule has 0 aliphatic heterocycles. The molecule has 0 aliphatic carbocycles. The van der Waals surface area contributed by atoms with Crippen LogP contribution in [0, 0.1) is 0 Å². The Labute approximate surface area is 77.0 Å². The molecule has 0 aliphatic rings. The van der Waals surface area contributed by atoms with E-state index >= 15 is 0 Å². The van der Waals surface area contributed by atoms with E-state index in [9.17, 15) is 4.79 Å². The Morgan fingerprint density at radius 1 is 1.55 bits per heavy atom. The van der Waals surface area contributed by atoms with Crippen LogP contribution in [0.25, 0.3) is 0 Å². The molecule has 0 amide bonds.